The van der Waals surface area contributed by atoms with Crippen molar-refractivity contribution in [2.45, 2.75) is 25.4 Å². The van der Waals surface area contributed by atoms with Crippen LogP contribution < -0.4 is 0 Å². The molecule has 1 saturated carbocycles. The molecule has 0 radical (unpaired) electrons. The van der Waals surface area contributed by atoms with Crippen molar-refractivity contribution in [3.63, 3.8) is 0 Å². The minimum absolute atomic E-state index is 0.807. The summed E-state index contributed by atoms with van der Waals surface area (Å²) in [5, 5.41) is 2.15. The Balaban J connectivity index is 1.88. The monoisotopic (exact) mass is 289 g/mol. The summed E-state index contributed by atoms with van der Waals surface area (Å²) in [4.78, 5) is 3.96. The van der Waals surface area contributed by atoms with E-state index in [2.05, 4.69) is 32.3 Å². The van der Waals surface area contributed by atoms with Gasteiger partial charge in [-0.3, -0.25) is 4.90 Å². The second-order valence-electron chi connectivity index (χ2n) is 3.93. The molecule has 0 saturated heterocycles. The van der Waals surface area contributed by atoms with Crippen molar-refractivity contribution >= 4 is 27.3 Å². The maximum Gasteiger partial charge on any atom is 0.0589 e. The Kier molecular flexibility index (Phi) is 4.20. The van der Waals surface area contributed by atoms with Gasteiger partial charge in [0.1, 0.15) is 0 Å². The number of methoxy groups -OCH3 is 1. The van der Waals surface area contributed by atoms with Crippen molar-refractivity contribution in [2.75, 3.05) is 20.3 Å². The Morgan fingerprint density at radius 3 is 2.93 bits per heavy atom. The van der Waals surface area contributed by atoms with Crippen LogP contribution in [0.25, 0.3) is 0 Å². The number of hydrogen-bond donors (Lipinski definition) is 0. The molecule has 15 heavy (non-hydrogen) atoms. The van der Waals surface area contributed by atoms with E-state index < -0.39 is 0 Å². The fourth-order valence-corrected chi connectivity index (χ4v) is 3.15. The fourth-order valence-electron chi connectivity index (χ4n) is 1.68. The maximum absolute atomic E-state index is 5.15. The third kappa shape index (κ3) is 3.55. The van der Waals surface area contributed by atoms with E-state index in [0.717, 1.165) is 25.7 Å². The minimum atomic E-state index is 0.807. The number of thiophene rings is 1. The summed E-state index contributed by atoms with van der Waals surface area (Å²) in [7, 11) is 1.77. The highest BCUT2D eigenvalue weighted by molar-refractivity contribution is 9.10. The Hall–Kier alpha value is 0.1000. The molecule has 1 aromatic heterocycles. The Labute approximate surface area is 103 Å². The Morgan fingerprint density at radius 1 is 1.60 bits per heavy atom. The van der Waals surface area contributed by atoms with E-state index in [-0.39, 0.29) is 0 Å². The molecule has 1 heterocycles. The summed E-state index contributed by atoms with van der Waals surface area (Å²) in [6.07, 6.45) is 2.71. The van der Waals surface area contributed by atoms with Crippen LogP contribution in [0.3, 0.4) is 0 Å². The van der Waals surface area contributed by atoms with Crippen molar-refractivity contribution in [1.82, 2.24) is 4.90 Å². The van der Waals surface area contributed by atoms with Gasteiger partial charge in [-0.25, -0.2) is 0 Å². The van der Waals surface area contributed by atoms with Gasteiger partial charge in [0.15, 0.2) is 0 Å². The van der Waals surface area contributed by atoms with E-state index in [1.54, 1.807) is 7.11 Å². The first-order valence-electron chi connectivity index (χ1n) is 5.25. The summed E-state index contributed by atoms with van der Waals surface area (Å²) in [5.74, 6) is 0. The smallest absolute Gasteiger partial charge is 0.0589 e. The second kappa shape index (κ2) is 5.43. The van der Waals surface area contributed by atoms with E-state index >= 15 is 0 Å². The van der Waals surface area contributed by atoms with Crippen molar-refractivity contribution in [3.8, 4) is 0 Å². The van der Waals surface area contributed by atoms with Gasteiger partial charge in [-0.05, 0) is 34.8 Å². The lowest BCUT2D eigenvalue weighted by atomic mass is 10.4. The number of halogens is 1. The van der Waals surface area contributed by atoms with Crippen LogP contribution in [-0.4, -0.2) is 31.2 Å². The molecule has 0 N–H and O–H groups in total. The zero-order valence-corrected chi connectivity index (χ0v) is 11.3. The number of rotatable bonds is 6. The SMILES string of the molecule is COCCN(Cc1cc(Br)cs1)C1CC1. The van der Waals surface area contributed by atoms with E-state index in [0.29, 0.717) is 0 Å². The van der Waals surface area contributed by atoms with Gasteiger partial charge < -0.3 is 4.74 Å². The standard InChI is InChI=1S/C11H16BrNOS/c1-14-5-4-13(10-2-3-10)7-11-6-9(12)8-15-11/h6,8,10H,2-5,7H2,1H3. The highest BCUT2D eigenvalue weighted by Crippen LogP contribution is 2.30. The van der Waals surface area contributed by atoms with Crippen LogP contribution in [0.4, 0.5) is 0 Å². The molecule has 0 amide bonds. The molecule has 2 rings (SSSR count). The van der Waals surface area contributed by atoms with Crippen molar-refractivity contribution in [1.29, 1.82) is 0 Å². The zero-order valence-electron chi connectivity index (χ0n) is 8.91. The van der Waals surface area contributed by atoms with Crippen molar-refractivity contribution in [3.05, 3.63) is 20.8 Å². The summed E-state index contributed by atoms with van der Waals surface area (Å²) in [6, 6.07) is 3.02. The second-order valence-corrected chi connectivity index (χ2v) is 5.84. The molecule has 0 unspecified atom stereocenters. The van der Waals surface area contributed by atoms with E-state index in [1.807, 2.05) is 11.3 Å². The van der Waals surface area contributed by atoms with Crippen LogP contribution >= 0.6 is 27.3 Å². The van der Waals surface area contributed by atoms with Gasteiger partial charge in [0.25, 0.3) is 0 Å². The molecule has 2 nitrogen and oxygen atoms in total. The summed E-state index contributed by atoms with van der Waals surface area (Å²) < 4.78 is 6.34. The average molecular weight is 290 g/mol. The average Bonchev–Trinajstić information content (AvgIpc) is 2.98. The van der Waals surface area contributed by atoms with Crippen LogP contribution in [0.1, 0.15) is 17.7 Å². The Bertz CT molecular complexity index is 311. The summed E-state index contributed by atoms with van der Waals surface area (Å²) in [5.41, 5.74) is 0. The molecule has 0 aliphatic heterocycles. The van der Waals surface area contributed by atoms with Gasteiger partial charge in [0, 0.05) is 41.0 Å². The molecule has 84 valence electrons. The largest absolute Gasteiger partial charge is 0.383 e. The van der Waals surface area contributed by atoms with Gasteiger partial charge in [-0.15, -0.1) is 11.3 Å². The van der Waals surface area contributed by atoms with Gasteiger partial charge in [0.05, 0.1) is 6.61 Å². The molecule has 1 fully saturated rings. The number of nitrogens with zero attached hydrogens (tertiary/aromatic N) is 1. The third-order valence-corrected chi connectivity index (χ3v) is 4.31. The molecule has 0 bridgehead atoms. The van der Waals surface area contributed by atoms with Crippen molar-refractivity contribution < 1.29 is 4.74 Å². The fraction of sp³-hybridized carbons (Fsp3) is 0.636. The highest BCUT2D eigenvalue weighted by atomic mass is 79.9. The van der Waals surface area contributed by atoms with Crippen LogP contribution in [0, 0.1) is 0 Å². The predicted octanol–water partition coefficient (Wildman–Crippen LogP) is 3.12. The molecule has 0 spiro atoms. The summed E-state index contributed by atoms with van der Waals surface area (Å²) >= 11 is 5.32. The van der Waals surface area contributed by atoms with Crippen LogP contribution in [0.5, 0.6) is 0 Å². The topological polar surface area (TPSA) is 12.5 Å². The first-order chi connectivity index (χ1) is 7.29. The van der Waals surface area contributed by atoms with E-state index in [9.17, 15) is 0 Å². The first kappa shape index (κ1) is 11.6. The molecule has 4 heteroatoms. The van der Waals surface area contributed by atoms with Gasteiger partial charge >= 0.3 is 0 Å². The quantitative estimate of drug-likeness (QED) is 0.798. The predicted molar refractivity (Wildman–Crippen MR) is 67.3 cm³/mol. The third-order valence-electron chi connectivity index (χ3n) is 2.63. The molecule has 0 aromatic carbocycles. The first-order valence-corrected chi connectivity index (χ1v) is 6.93. The van der Waals surface area contributed by atoms with E-state index in [1.165, 1.54) is 22.2 Å². The van der Waals surface area contributed by atoms with E-state index in [4.69, 9.17) is 4.74 Å². The molecular formula is C11H16BrNOS. The minimum Gasteiger partial charge on any atom is -0.383 e. The molecular weight excluding hydrogens is 274 g/mol. The molecule has 1 aromatic rings. The Morgan fingerprint density at radius 2 is 2.40 bits per heavy atom. The van der Waals surface area contributed by atoms with Crippen LogP contribution in [-0.2, 0) is 11.3 Å². The maximum atomic E-state index is 5.15. The lowest BCUT2D eigenvalue weighted by molar-refractivity contribution is 0.140. The molecule has 1 aliphatic carbocycles. The lowest BCUT2D eigenvalue weighted by Crippen LogP contribution is -2.28. The summed E-state index contributed by atoms with van der Waals surface area (Å²) in [6.45, 7) is 2.96. The zero-order chi connectivity index (χ0) is 10.7. The highest BCUT2D eigenvalue weighted by Gasteiger charge is 2.28. The van der Waals surface area contributed by atoms with Gasteiger partial charge in [-0.2, -0.15) is 0 Å². The van der Waals surface area contributed by atoms with Crippen LogP contribution in [0.2, 0.25) is 0 Å². The van der Waals surface area contributed by atoms with Crippen molar-refractivity contribution in [2.24, 2.45) is 0 Å². The number of hydrogen-bond acceptors (Lipinski definition) is 3. The van der Waals surface area contributed by atoms with Gasteiger partial charge in [-0.1, -0.05) is 0 Å². The number of ether oxygens (including phenoxy) is 1. The molecule has 0 atom stereocenters. The molecule has 1 aliphatic rings. The normalized spacial score (nSPS) is 16.2. The van der Waals surface area contributed by atoms with Crippen LogP contribution in [0.15, 0.2) is 15.9 Å². The lowest BCUT2D eigenvalue weighted by Gasteiger charge is -2.20. The van der Waals surface area contributed by atoms with Gasteiger partial charge in [0.2, 0.25) is 0 Å².